The first-order valence-corrected chi connectivity index (χ1v) is 13.5. The first-order valence-electron chi connectivity index (χ1n) is 12.0. The molecule has 0 saturated carbocycles. The van der Waals surface area contributed by atoms with Crippen molar-refractivity contribution >= 4 is 22.3 Å². The van der Waals surface area contributed by atoms with E-state index in [9.17, 15) is 8.76 Å². The van der Waals surface area contributed by atoms with Gasteiger partial charge in [-0.3, -0.25) is 0 Å². The molecule has 3 aromatic carbocycles. The maximum absolute atomic E-state index is 13.9. The number of rotatable bonds is 9. The summed E-state index contributed by atoms with van der Waals surface area (Å²) in [6.45, 7) is 0.357. The Bertz CT molecular complexity index is 1600. The van der Waals surface area contributed by atoms with Crippen molar-refractivity contribution in [2.45, 2.75) is 18.0 Å². The van der Waals surface area contributed by atoms with Crippen molar-refractivity contribution in [2.75, 3.05) is 21.0 Å². The topological polar surface area (TPSA) is 198 Å². The Balaban J connectivity index is 0.000000612. The van der Waals surface area contributed by atoms with E-state index in [1.165, 1.54) is 34.6 Å². The zero-order valence-electron chi connectivity index (χ0n) is 22.3. The zero-order chi connectivity index (χ0) is 30.3. The average molecular weight is 600 g/mol. The van der Waals surface area contributed by atoms with E-state index in [0.29, 0.717) is 28.7 Å². The number of carboxylic acid groups (broad SMARTS) is 2. The van der Waals surface area contributed by atoms with Crippen LogP contribution in [-0.4, -0.2) is 72.2 Å². The molecular formula is C26H25N5O10S. The molecular weight excluding hydrogens is 574 g/mol. The molecule has 16 heteroatoms. The minimum absolute atomic E-state index is 0.0693. The number of aliphatic carboxylic acids is 2. The Morgan fingerprint density at radius 3 is 2.33 bits per heavy atom. The van der Waals surface area contributed by atoms with Crippen molar-refractivity contribution in [3.05, 3.63) is 78.1 Å². The molecule has 42 heavy (non-hydrogen) atoms. The molecule has 1 aromatic heterocycles. The van der Waals surface area contributed by atoms with Crippen LogP contribution >= 0.6 is 0 Å². The van der Waals surface area contributed by atoms with E-state index >= 15 is 0 Å². The molecule has 4 aromatic rings. The minimum atomic E-state index is -3.97. The van der Waals surface area contributed by atoms with E-state index in [2.05, 4.69) is 15.5 Å². The van der Waals surface area contributed by atoms with Crippen molar-refractivity contribution in [1.29, 1.82) is 0 Å². The van der Waals surface area contributed by atoms with Crippen molar-refractivity contribution < 1.29 is 47.5 Å². The smallest absolute Gasteiger partial charge is 0.414 e. The summed E-state index contributed by atoms with van der Waals surface area (Å²) in [5, 5.41) is 25.9. The molecule has 220 valence electrons. The minimum Gasteiger partial charge on any atom is -0.593 e. The third-order valence-corrected chi connectivity index (χ3v) is 7.64. The van der Waals surface area contributed by atoms with Crippen LogP contribution in [0.4, 0.5) is 0 Å². The first kappa shape index (κ1) is 29.9. The van der Waals surface area contributed by atoms with Crippen LogP contribution in [0, 0.1) is 0 Å². The summed E-state index contributed by atoms with van der Waals surface area (Å²) in [6.07, 6.45) is 1.40. The van der Waals surface area contributed by atoms with Crippen molar-refractivity contribution in [3.63, 3.8) is 0 Å². The largest absolute Gasteiger partial charge is 0.593 e. The number of nitrogens with zero attached hydrogens (tertiary/aromatic N) is 5. The summed E-state index contributed by atoms with van der Waals surface area (Å²) in [4.78, 5) is 18.3. The van der Waals surface area contributed by atoms with Gasteiger partial charge >= 0.3 is 11.9 Å². The number of methoxy groups -OCH3 is 2. The Labute approximate surface area is 240 Å². The van der Waals surface area contributed by atoms with Crippen LogP contribution < -0.4 is 18.9 Å². The lowest BCUT2D eigenvalue weighted by Gasteiger charge is -2.28. The molecule has 2 N–H and O–H groups in total. The van der Waals surface area contributed by atoms with E-state index in [4.69, 9.17) is 38.7 Å². The van der Waals surface area contributed by atoms with Gasteiger partial charge in [-0.1, -0.05) is 22.4 Å². The molecule has 0 spiro atoms. The highest BCUT2D eigenvalue weighted by molar-refractivity contribution is 7.95. The van der Waals surface area contributed by atoms with Gasteiger partial charge in [0, 0.05) is 6.07 Å². The second kappa shape index (κ2) is 13.1. The number of hydrogen-bond acceptors (Lipinski definition) is 11. The standard InChI is InChI=1S/C24H23N5O6S.C2H2O4/c1-32-19-5-3-4-17(10-19)13-28(14-18-6-9-22-24(11-18)35-16-34-22)36(30,31)20-7-8-21(23(12-20)33-2)29-15-25-26-27-29;3-1(4)2(5)6/h3-12,15H,13-14,16H2,1-2H3;(H,3,4)(H,5,6). The van der Waals surface area contributed by atoms with Gasteiger partial charge in [-0.2, -0.15) is 4.68 Å². The van der Waals surface area contributed by atoms with Crippen molar-refractivity contribution in [1.82, 2.24) is 24.5 Å². The predicted octanol–water partition coefficient (Wildman–Crippen LogP) is 2.17. The molecule has 0 fully saturated rings. The summed E-state index contributed by atoms with van der Waals surface area (Å²) in [5.74, 6) is -1.49. The number of fused-ring (bicyclic) bond motifs is 1. The van der Waals surface area contributed by atoms with Crippen LogP contribution in [-0.2, 0) is 37.3 Å². The molecule has 5 rings (SSSR count). The summed E-state index contributed by atoms with van der Waals surface area (Å²) in [7, 11) is -0.943. The van der Waals surface area contributed by atoms with E-state index in [0.717, 1.165) is 11.1 Å². The molecule has 0 saturated heterocycles. The molecule has 1 unspecified atom stereocenters. The number of tetrazole rings is 1. The van der Waals surface area contributed by atoms with Gasteiger partial charge in [0.25, 0.3) is 0 Å². The van der Waals surface area contributed by atoms with Gasteiger partial charge in [0.15, 0.2) is 26.8 Å². The monoisotopic (exact) mass is 599 g/mol. The zero-order valence-corrected chi connectivity index (χ0v) is 23.1. The summed E-state index contributed by atoms with van der Waals surface area (Å²) in [6, 6.07) is 17.3. The van der Waals surface area contributed by atoms with Gasteiger partial charge in [-0.25, -0.2) is 9.59 Å². The van der Waals surface area contributed by atoms with Crippen LogP contribution in [0.25, 0.3) is 5.69 Å². The average Bonchev–Trinajstić information content (AvgIpc) is 3.69. The fraction of sp³-hybridized carbons (Fsp3) is 0.192. The number of carboxylic acids is 2. The molecule has 1 aliphatic rings. The van der Waals surface area contributed by atoms with Gasteiger partial charge in [0.2, 0.25) is 6.79 Å². The molecule has 1 atom stereocenters. The quantitative estimate of drug-likeness (QED) is 0.210. The number of aromatic nitrogens is 4. The third kappa shape index (κ3) is 6.98. The SMILES string of the molecule is COc1cccc(CN(Cc2ccc3c(c2)OCO3)[S+](=O)([O-])c2ccc(-n3cnnn3)c(OC)c2)c1.O=C(O)C(=O)O. The lowest BCUT2D eigenvalue weighted by atomic mass is 10.2. The Morgan fingerprint density at radius 2 is 1.69 bits per heavy atom. The van der Waals surface area contributed by atoms with Crippen molar-refractivity contribution in [3.8, 4) is 28.7 Å². The Kier molecular flexibility index (Phi) is 9.31. The van der Waals surface area contributed by atoms with E-state index in [1.807, 2.05) is 30.3 Å². The number of benzene rings is 3. The van der Waals surface area contributed by atoms with Gasteiger partial charge in [0.1, 0.15) is 23.5 Å². The van der Waals surface area contributed by atoms with Gasteiger partial charge in [-0.05, 0) is 58.0 Å². The van der Waals surface area contributed by atoms with E-state index < -0.39 is 22.3 Å². The van der Waals surface area contributed by atoms with E-state index in [1.54, 1.807) is 25.3 Å². The summed E-state index contributed by atoms with van der Waals surface area (Å²) < 4.78 is 52.3. The fourth-order valence-corrected chi connectivity index (χ4v) is 5.30. The van der Waals surface area contributed by atoms with Gasteiger partial charge in [0.05, 0.1) is 27.3 Å². The van der Waals surface area contributed by atoms with E-state index in [-0.39, 0.29) is 24.8 Å². The Hall–Kier alpha value is -5.06. The normalized spacial score (nSPS) is 13.0. The van der Waals surface area contributed by atoms with Crippen LogP contribution in [0.15, 0.2) is 71.9 Å². The summed E-state index contributed by atoms with van der Waals surface area (Å²) in [5.41, 5.74) is 2.04. The number of carbonyl (C=O) groups is 2. The van der Waals surface area contributed by atoms with Crippen LogP contribution in [0.1, 0.15) is 11.1 Å². The molecule has 0 radical (unpaired) electrons. The summed E-state index contributed by atoms with van der Waals surface area (Å²) >= 11 is 0. The van der Waals surface area contributed by atoms with Crippen LogP contribution in [0.2, 0.25) is 0 Å². The highest BCUT2D eigenvalue weighted by Gasteiger charge is 2.32. The molecule has 0 aliphatic carbocycles. The number of ether oxygens (including phenoxy) is 4. The lowest BCUT2D eigenvalue weighted by Crippen LogP contribution is -2.35. The van der Waals surface area contributed by atoms with Crippen molar-refractivity contribution in [2.24, 2.45) is 0 Å². The van der Waals surface area contributed by atoms with Crippen LogP contribution in [0.5, 0.6) is 23.0 Å². The highest BCUT2D eigenvalue weighted by atomic mass is 32.3. The van der Waals surface area contributed by atoms with Gasteiger partial charge < -0.3 is 33.7 Å². The highest BCUT2D eigenvalue weighted by Crippen LogP contribution is 2.35. The second-order valence-electron chi connectivity index (χ2n) is 8.51. The molecule has 0 bridgehead atoms. The van der Waals surface area contributed by atoms with Crippen LogP contribution in [0.3, 0.4) is 0 Å². The van der Waals surface area contributed by atoms with Gasteiger partial charge in [-0.15, -0.1) is 9.40 Å². The molecule has 15 nitrogen and oxygen atoms in total. The number of sulfonamides is 1. The fourth-order valence-electron chi connectivity index (χ4n) is 3.87. The third-order valence-electron chi connectivity index (χ3n) is 5.86. The first-order chi connectivity index (χ1) is 20.1. The lowest BCUT2D eigenvalue weighted by molar-refractivity contribution is -0.159. The second-order valence-corrected chi connectivity index (χ2v) is 10.4. The molecule has 0 amide bonds. The maximum atomic E-state index is 13.9. The molecule has 2 heterocycles. The number of hydrogen-bond donors (Lipinski definition) is 2. The maximum Gasteiger partial charge on any atom is 0.414 e. The predicted molar refractivity (Wildman–Crippen MR) is 143 cm³/mol. The molecule has 1 aliphatic heterocycles. The Morgan fingerprint density at radius 1 is 0.976 bits per heavy atom.